The third kappa shape index (κ3) is 3.06. The molecule has 2 rings (SSSR count). The molecule has 0 aliphatic heterocycles. The van der Waals surface area contributed by atoms with Crippen molar-refractivity contribution < 1.29 is 4.39 Å². The Kier molecular flexibility index (Phi) is 4.30. The molecular formula is C14H13BrFNS. The molecule has 94 valence electrons. The molecule has 0 aromatic heterocycles. The van der Waals surface area contributed by atoms with Gasteiger partial charge in [-0.25, -0.2) is 4.39 Å². The lowest BCUT2D eigenvalue weighted by molar-refractivity contribution is 0.619. The Morgan fingerprint density at radius 1 is 1.28 bits per heavy atom. The summed E-state index contributed by atoms with van der Waals surface area (Å²) in [5.74, 6) is 0.505. The summed E-state index contributed by atoms with van der Waals surface area (Å²) in [4.78, 5) is 1.17. The van der Waals surface area contributed by atoms with Crippen LogP contribution in [0, 0.1) is 12.7 Å². The van der Waals surface area contributed by atoms with E-state index < -0.39 is 0 Å². The van der Waals surface area contributed by atoms with Gasteiger partial charge in [0, 0.05) is 16.3 Å². The van der Waals surface area contributed by atoms with Gasteiger partial charge in [-0.05, 0) is 58.2 Å². The molecule has 0 saturated heterocycles. The number of benzene rings is 2. The molecule has 0 spiro atoms. The van der Waals surface area contributed by atoms with E-state index in [9.17, 15) is 4.39 Å². The molecule has 0 unspecified atom stereocenters. The number of thioether (sulfide) groups is 1. The number of halogens is 2. The lowest BCUT2D eigenvalue weighted by atomic mass is 10.2. The van der Waals surface area contributed by atoms with Crippen LogP contribution in [0.1, 0.15) is 11.1 Å². The predicted octanol–water partition coefficient (Wildman–Crippen LogP) is 4.77. The van der Waals surface area contributed by atoms with Crippen molar-refractivity contribution in [1.29, 1.82) is 0 Å². The fourth-order valence-corrected chi connectivity index (χ4v) is 3.24. The number of hydrogen-bond donors (Lipinski definition) is 1. The summed E-state index contributed by atoms with van der Waals surface area (Å²) >= 11 is 4.96. The maximum atomic E-state index is 13.4. The van der Waals surface area contributed by atoms with Crippen molar-refractivity contribution >= 4 is 33.4 Å². The first-order chi connectivity index (χ1) is 8.58. The summed E-state index contributed by atoms with van der Waals surface area (Å²) in [5.41, 5.74) is 8.58. The summed E-state index contributed by atoms with van der Waals surface area (Å²) in [6, 6.07) is 10.9. The predicted molar refractivity (Wildman–Crippen MR) is 79.3 cm³/mol. The Hall–Kier alpha value is -1.00. The van der Waals surface area contributed by atoms with Crippen LogP contribution in [0.25, 0.3) is 0 Å². The molecule has 0 fully saturated rings. The highest BCUT2D eigenvalue weighted by Crippen LogP contribution is 2.30. The Balaban J connectivity index is 2.14. The smallest absolute Gasteiger partial charge is 0.137 e. The fraction of sp³-hybridized carbons (Fsp3) is 0.143. The molecule has 0 aliphatic carbocycles. The highest BCUT2D eigenvalue weighted by atomic mass is 79.9. The van der Waals surface area contributed by atoms with Crippen LogP contribution >= 0.6 is 27.7 Å². The Bertz CT molecular complexity index is 572. The summed E-state index contributed by atoms with van der Waals surface area (Å²) in [6.07, 6.45) is 0. The van der Waals surface area contributed by atoms with E-state index in [2.05, 4.69) is 15.9 Å². The van der Waals surface area contributed by atoms with Crippen molar-refractivity contribution in [2.24, 2.45) is 0 Å². The van der Waals surface area contributed by atoms with Gasteiger partial charge in [-0.15, -0.1) is 11.8 Å². The zero-order chi connectivity index (χ0) is 13.1. The highest BCUT2D eigenvalue weighted by Gasteiger charge is 2.06. The van der Waals surface area contributed by atoms with Crippen LogP contribution in [0.2, 0.25) is 0 Å². The molecule has 2 N–H and O–H groups in total. The minimum atomic E-state index is -0.220. The van der Waals surface area contributed by atoms with E-state index >= 15 is 0 Å². The van der Waals surface area contributed by atoms with Crippen LogP contribution in [-0.2, 0) is 5.75 Å². The van der Waals surface area contributed by atoms with Gasteiger partial charge >= 0.3 is 0 Å². The van der Waals surface area contributed by atoms with E-state index in [4.69, 9.17) is 5.73 Å². The van der Waals surface area contributed by atoms with Crippen LogP contribution < -0.4 is 5.73 Å². The van der Waals surface area contributed by atoms with Gasteiger partial charge in [0.25, 0.3) is 0 Å². The molecule has 2 aromatic carbocycles. The first kappa shape index (κ1) is 13.4. The van der Waals surface area contributed by atoms with E-state index in [1.807, 2.05) is 31.2 Å². The van der Waals surface area contributed by atoms with Gasteiger partial charge in [-0.2, -0.15) is 0 Å². The van der Waals surface area contributed by atoms with Crippen molar-refractivity contribution in [3.8, 4) is 0 Å². The second-order valence-electron chi connectivity index (χ2n) is 4.03. The Morgan fingerprint density at radius 3 is 2.78 bits per heavy atom. The first-order valence-electron chi connectivity index (χ1n) is 5.50. The zero-order valence-corrected chi connectivity index (χ0v) is 12.3. The summed E-state index contributed by atoms with van der Waals surface area (Å²) in [5, 5.41) is 0. The maximum absolute atomic E-state index is 13.4. The van der Waals surface area contributed by atoms with Crippen molar-refractivity contribution in [3.63, 3.8) is 0 Å². The number of nitrogen functional groups attached to an aromatic ring is 1. The molecule has 4 heteroatoms. The maximum Gasteiger partial charge on any atom is 0.137 e. The second-order valence-corrected chi connectivity index (χ2v) is 5.84. The molecule has 0 atom stereocenters. The standard InChI is InChI=1S/C14H13BrFNS/c1-9-7-11(17)5-6-13(9)18-8-10-3-2-4-12(16)14(10)15/h2-7H,8,17H2,1H3. The minimum Gasteiger partial charge on any atom is -0.399 e. The monoisotopic (exact) mass is 325 g/mol. The molecule has 1 nitrogen and oxygen atoms in total. The van der Waals surface area contributed by atoms with Gasteiger partial charge < -0.3 is 5.73 Å². The highest BCUT2D eigenvalue weighted by molar-refractivity contribution is 9.10. The zero-order valence-electron chi connectivity index (χ0n) is 9.91. The van der Waals surface area contributed by atoms with Crippen molar-refractivity contribution in [2.75, 3.05) is 5.73 Å². The summed E-state index contributed by atoms with van der Waals surface area (Å²) < 4.78 is 13.9. The van der Waals surface area contributed by atoms with Crippen LogP contribution in [-0.4, -0.2) is 0 Å². The van der Waals surface area contributed by atoms with E-state index in [0.717, 1.165) is 22.6 Å². The largest absolute Gasteiger partial charge is 0.399 e. The number of rotatable bonds is 3. The van der Waals surface area contributed by atoms with Crippen LogP contribution in [0.5, 0.6) is 0 Å². The minimum absolute atomic E-state index is 0.220. The molecule has 0 aliphatic rings. The number of aryl methyl sites for hydroxylation is 1. The number of hydrogen-bond acceptors (Lipinski definition) is 2. The van der Waals surface area contributed by atoms with Crippen LogP contribution in [0.4, 0.5) is 10.1 Å². The topological polar surface area (TPSA) is 26.0 Å². The van der Waals surface area contributed by atoms with Crippen molar-refractivity contribution in [3.05, 3.63) is 57.8 Å². The molecule has 0 radical (unpaired) electrons. The molecular weight excluding hydrogens is 313 g/mol. The van der Waals surface area contributed by atoms with Gasteiger partial charge in [0.1, 0.15) is 5.82 Å². The third-order valence-electron chi connectivity index (χ3n) is 2.61. The molecule has 18 heavy (non-hydrogen) atoms. The quantitative estimate of drug-likeness (QED) is 0.649. The lowest BCUT2D eigenvalue weighted by Gasteiger charge is -2.08. The SMILES string of the molecule is Cc1cc(N)ccc1SCc1cccc(F)c1Br. The van der Waals surface area contributed by atoms with E-state index in [1.165, 1.54) is 11.0 Å². The molecule has 0 bridgehead atoms. The van der Waals surface area contributed by atoms with E-state index in [0.29, 0.717) is 4.47 Å². The Labute approximate surface area is 119 Å². The third-order valence-corrected chi connectivity index (χ3v) is 4.73. The number of anilines is 1. The summed E-state index contributed by atoms with van der Waals surface area (Å²) in [6.45, 7) is 2.03. The van der Waals surface area contributed by atoms with Gasteiger partial charge in [-0.3, -0.25) is 0 Å². The molecule has 0 amide bonds. The average Bonchev–Trinajstić information content (AvgIpc) is 2.33. The van der Waals surface area contributed by atoms with Crippen LogP contribution in [0.15, 0.2) is 45.8 Å². The first-order valence-corrected chi connectivity index (χ1v) is 7.27. The van der Waals surface area contributed by atoms with E-state index in [1.54, 1.807) is 17.8 Å². The molecule has 2 aromatic rings. The molecule has 0 saturated carbocycles. The van der Waals surface area contributed by atoms with Gasteiger partial charge in [0.2, 0.25) is 0 Å². The van der Waals surface area contributed by atoms with Crippen molar-refractivity contribution in [2.45, 2.75) is 17.6 Å². The Morgan fingerprint density at radius 2 is 2.06 bits per heavy atom. The summed E-state index contributed by atoms with van der Waals surface area (Å²) in [7, 11) is 0. The average molecular weight is 326 g/mol. The molecule has 0 heterocycles. The van der Waals surface area contributed by atoms with Gasteiger partial charge in [-0.1, -0.05) is 12.1 Å². The van der Waals surface area contributed by atoms with Gasteiger partial charge in [0.15, 0.2) is 0 Å². The van der Waals surface area contributed by atoms with E-state index in [-0.39, 0.29) is 5.82 Å². The van der Waals surface area contributed by atoms with Gasteiger partial charge in [0.05, 0.1) is 4.47 Å². The number of nitrogens with two attached hydrogens (primary N) is 1. The lowest BCUT2D eigenvalue weighted by Crippen LogP contribution is -1.89. The van der Waals surface area contributed by atoms with Crippen molar-refractivity contribution in [1.82, 2.24) is 0 Å². The fourth-order valence-electron chi connectivity index (χ4n) is 1.65. The normalized spacial score (nSPS) is 10.6. The second kappa shape index (κ2) is 5.76. The van der Waals surface area contributed by atoms with Crippen LogP contribution in [0.3, 0.4) is 0 Å².